The average molecular weight is 674 g/mol. The smallest absolute Gasteiger partial charge is 0.138 e. The molecule has 0 spiro atoms. The van der Waals surface area contributed by atoms with Crippen molar-refractivity contribution in [2.45, 2.75) is 0 Å². The molecule has 0 radical (unpaired) electrons. The fourth-order valence-corrected chi connectivity index (χ4v) is 6.74. The Labute approximate surface area is 326 Å². The van der Waals surface area contributed by atoms with Crippen LogP contribution in [0.1, 0.15) is 31.5 Å². The molecule has 0 aliphatic carbocycles. The molecule has 0 unspecified atom stereocenters. The minimum Gasteiger partial charge on any atom is -0.309 e. The molecule has 0 fully saturated rings. The van der Waals surface area contributed by atoms with Crippen LogP contribution >= 0.6 is 0 Å². The van der Waals surface area contributed by atoms with Gasteiger partial charge < -0.3 is 9.13 Å². The lowest BCUT2D eigenvalue weighted by molar-refractivity contribution is 1.10. The minimum absolute atomic E-state index is 0.0888. The van der Waals surface area contributed by atoms with Gasteiger partial charge in [0.2, 0.25) is 0 Å². The number of nitrogens with zero attached hydrogens (tertiary/aromatic N) is 4. The quantitative estimate of drug-likeness (QED) is 0.183. The van der Waals surface area contributed by atoms with E-state index >= 15 is 0 Å². The van der Waals surface area contributed by atoms with Crippen LogP contribution in [0.2, 0.25) is 0 Å². The van der Waals surface area contributed by atoms with Gasteiger partial charge in [0.15, 0.2) is 0 Å². The molecule has 7 aromatic carbocycles. The van der Waals surface area contributed by atoms with E-state index in [1.807, 2.05) is 0 Å². The summed E-state index contributed by atoms with van der Waals surface area (Å²) >= 11 is 0. The molecule has 4 nitrogen and oxygen atoms in total. The van der Waals surface area contributed by atoms with Gasteiger partial charge in [-0.1, -0.05) is 121 Å². The van der Waals surface area contributed by atoms with E-state index < -0.39 is 178 Å². The van der Waals surface area contributed by atoms with Crippen molar-refractivity contribution in [3.05, 3.63) is 181 Å². The van der Waals surface area contributed by atoms with Gasteiger partial charge in [-0.15, -0.1) is 0 Å². The Balaban J connectivity index is 1.32. The highest BCUT2D eigenvalue weighted by atomic mass is 15.1. The normalized spacial score (nSPS) is 18.2. The van der Waals surface area contributed by atoms with Gasteiger partial charge in [0.25, 0.3) is 0 Å². The summed E-state index contributed by atoms with van der Waals surface area (Å²) in [7, 11) is 0. The van der Waals surface area contributed by atoms with Crippen LogP contribution in [0.25, 0.3) is 93.9 Å². The zero-order chi connectivity index (χ0) is 53.5. The Hall–Kier alpha value is -6.91. The minimum atomic E-state index is -0.843. The zero-order valence-electron chi connectivity index (χ0n) is 48.8. The first-order valence-corrected chi connectivity index (χ1v) is 15.5. The molecule has 51 heavy (non-hydrogen) atoms. The summed E-state index contributed by atoms with van der Waals surface area (Å²) in [5, 5.41) is -0.0351. The Kier molecular flexibility index (Phi) is 2.92. The second-order valence-electron chi connectivity index (χ2n) is 11.5. The summed E-state index contributed by atoms with van der Waals surface area (Å²) in [6.45, 7) is 0. The van der Waals surface area contributed by atoms with Gasteiger partial charge in [-0.25, -0.2) is 4.98 Å². The van der Waals surface area contributed by atoms with Crippen molar-refractivity contribution in [2.75, 3.05) is 0 Å². The van der Waals surface area contributed by atoms with E-state index in [1.165, 1.54) is 15.2 Å². The van der Waals surface area contributed by atoms with Gasteiger partial charge >= 0.3 is 0 Å². The van der Waals surface area contributed by atoms with Gasteiger partial charge in [-0.3, -0.25) is 4.57 Å². The van der Waals surface area contributed by atoms with E-state index in [0.717, 1.165) is 4.57 Å². The third-order valence-corrected chi connectivity index (χ3v) is 8.83. The van der Waals surface area contributed by atoms with Gasteiger partial charge in [0.1, 0.15) is 5.82 Å². The summed E-state index contributed by atoms with van der Waals surface area (Å²) in [4.78, 5) is 4.80. The molecule has 11 rings (SSSR count). The summed E-state index contributed by atoms with van der Waals surface area (Å²) < 4.78 is 208. The predicted molar refractivity (Wildman–Crippen MR) is 213 cm³/mol. The Morgan fingerprint density at radius 2 is 1.06 bits per heavy atom. The van der Waals surface area contributed by atoms with Gasteiger partial charge in [0.05, 0.1) is 70.1 Å². The third kappa shape index (κ3) is 4.11. The van der Waals surface area contributed by atoms with Crippen LogP contribution in [0.3, 0.4) is 0 Å². The summed E-state index contributed by atoms with van der Waals surface area (Å²) in [6.07, 6.45) is 0. The molecule has 0 N–H and O–H groups in total. The molecule has 4 heterocycles. The van der Waals surface area contributed by atoms with Crippen molar-refractivity contribution >= 4 is 65.5 Å². The van der Waals surface area contributed by atoms with Gasteiger partial charge in [-0.05, 0) is 71.6 Å². The molecule has 4 aromatic heterocycles. The highest BCUT2D eigenvalue weighted by molar-refractivity contribution is 6.12. The topological polar surface area (TPSA) is 27.7 Å². The fourth-order valence-electron chi connectivity index (χ4n) is 6.74. The van der Waals surface area contributed by atoms with Gasteiger partial charge in [0, 0.05) is 38.3 Å². The van der Waals surface area contributed by atoms with Gasteiger partial charge in [-0.2, -0.15) is 0 Å². The molecule has 0 atom stereocenters. The average Bonchev–Trinajstić information content (AvgIpc) is 4.08. The van der Waals surface area contributed by atoms with E-state index in [4.69, 9.17) is 26.9 Å². The van der Waals surface area contributed by atoms with Crippen LogP contribution in [-0.4, -0.2) is 18.7 Å². The number of para-hydroxylation sites is 4. The van der Waals surface area contributed by atoms with Crippen LogP contribution in [0, 0.1) is 0 Å². The lowest BCUT2D eigenvalue weighted by Gasteiger charge is -2.12. The van der Waals surface area contributed by atoms with Crippen LogP contribution in [0.5, 0.6) is 0 Å². The van der Waals surface area contributed by atoms with E-state index in [9.17, 15) is 9.60 Å². The van der Waals surface area contributed by atoms with E-state index in [1.54, 1.807) is 36.4 Å². The molecular weight excluding hydrogens is 621 g/mol. The van der Waals surface area contributed by atoms with Crippen molar-refractivity contribution in [2.24, 2.45) is 0 Å². The molecule has 0 amide bonds. The van der Waals surface area contributed by atoms with Crippen LogP contribution in [-0.2, 0) is 0 Å². The van der Waals surface area contributed by atoms with E-state index in [0.29, 0.717) is 16.3 Å². The maximum Gasteiger partial charge on any atom is 0.138 e. The summed E-state index contributed by atoms with van der Waals surface area (Å²) in [5.41, 5.74) is -2.67. The molecular formula is C47H30N4. The molecule has 238 valence electrons. The van der Waals surface area contributed by atoms with E-state index in [2.05, 4.69) is 0 Å². The number of fused-ring (bicyclic) bond motifs is 9. The third-order valence-electron chi connectivity index (χ3n) is 8.83. The number of benzene rings is 7. The maximum absolute atomic E-state index is 9.81. The molecule has 0 bridgehead atoms. The SMILES string of the molecule is [2H]c1c([2H])c([2H])c(-c2c([2H])c([2H])c3c4c([2H])c([2H])c([2H])c([2H])c4n(-c4nc5c6c([2H])c([2H])c([2H])c([2H])c6n(-c6ccc7c8ccccc8n(-c8c([2H])c([2H])c([2H])c([2H])c8[2H])c7c6)c5c([2H])c4[2H])c3c2[2H])c([2H])c1[2H]. The highest BCUT2D eigenvalue weighted by Gasteiger charge is 2.19. The van der Waals surface area contributed by atoms with Crippen molar-refractivity contribution < 1.29 is 31.5 Å². The van der Waals surface area contributed by atoms with E-state index in [-0.39, 0.29) is 38.8 Å². The van der Waals surface area contributed by atoms with Crippen molar-refractivity contribution in [1.82, 2.24) is 18.7 Å². The first kappa shape index (κ1) is 13.8. The number of hydrogen-bond acceptors (Lipinski definition) is 1. The highest BCUT2D eigenvalue weighted by Crippen LogP contribution is 2.38. The molecule has 0 aliphatic rings. The van der Waals surface area contributed by atoms with Crippen LogP contribution in [0.4, 0.5) is 0 Å². The standard InChI is InChI=1S/C47H30N4/c1-3-13-31(14-4-1)32-23-25-37-36-18-8-11-21-41(36)51(44(37)29-32)46-28-27-43-47(48-46)39-19-9-12-22-42(39)50(43)34-24-26-38-35-17-7-10-20-40(35)49(45(38)30-34)33-15-5-2-6-16-33/h1-30H/i1D,2D,3D,4D,5D,6D,8D,9D,11D,12D,13D,14D,15D,16D,18D,19D,21D,22D,23D,25D,27D,28D,29D. The molecule has 11 aromatic rings. The van der Waals surface area contributed by atoms with Crippen LogP contribution < -0.4 is 0 Å². The fraction of sp³-hybridized carbons (Fsp3) is 0. The number of pyridine rings is 1. The van der Waals surface area contributed by atoms with Crippen molar-refractivity contribution in [3.63, 3.8) is 0 Å². The Bertz CT molecular complexity index is 4420. The zero-order valence-corrected chi connectivity index (χ0v) is 25.8. The number of aromatic nitrogens is 4. The summed E-state index contributed by atoms with van der Waals surface area (Å²) in [6, 6.07) is -5.26. The Morgan fingerprint density at radius 3 is 1.90 bits per heavy atom. The number of hydrogen-bond donors (Lipinski definition) is 0. The first-order chi connectivity index (χ1) is 34.9. The monoisotopic (exact) mass is 673 g/mol. The largest absolute Gasteiger partial charge is 0.309 e. The molecule has 0 aliphatic heterocycles. The lowest BCUT2D eigenvalue weighted by Crippen LogP contribution is -1.99. The first-order valence-electron chi connectivity index (χ1n) is 27.0. The lowest BCUT2D eigenvalue weighted by atomic mass is 10.0. The summed E-state index contributed by atoms with van der Waals surface area (Å²) in [5.74, 6) is -0.659. The predicted octanol–water partition coefficient (Wildman–Crippen LogP) is 12.0. The van der Waals surface area contributed by atoms with Crippen molar-refractivity contribution in [3.8, 4) is 28.3 Å². The second kappa shape index (κ2) is 10.8. The maximum atomic E-state index is 9.81. The van der Waals surface area contributed by atoms with Crippen LogP contribution in [0.15, 0.2) is 181 Å². The molecule has 4 heteroatoms. The second-order valence-corrected chi connectivity index (χ2v) is 11.5. The molecule has 0 saturated carbocycles. The number of rotatable bonds is 4. The Morgan fingerprint density at radius 1 is 0.392 bits per heavy atom. The molecule has 0 saturated heterocycles. The van der Waals surface area contributed by atoms with Crippen molar-refractivity contribution in [1.29, 1.82) is 0 Å².